The van der Waals surface area contributed by atoms with Crippen molar-refractivity contribution in [1.82, 2.24) is 0 Å². The minimum absolute atomic E-state index is 0. The smallest absolute Gasteiger partial charge is 0.327 e. The Labute approximate surface area is 74.1 Å². The van der Waals surface area contributed by atoms with E-state index in [9.17, 15) is 0 Å². The maximum absolute atomic E-state index is 8.74. The van der Waals surface area contributed by atoms with E-state index in [-0.39, 0.29) is 17.4 Å². The average Bonchev–Trinajstić information content (AvgIpc) is 1.61. The van der Waals surface area contributed by atoms with E-state index in [1.807, 2.05) is 0 Å². The second-order valence-electron chi connectivity index (χ2n) is 0.782. The maximum Gasteiger partial charge on any atom is 0.394 e. The largest absolute Gasteiger partial charge is 0.394 e. The third-order valence-electron chi connectivity index (χ3n) is 0.0730. The molecule has 0 radical (unpaired) electrons. The Balaban J connectivity index is -0.000000107. The van der Waals surface area contributed by atoms with Crippen LogP contribution in [0, 0.1) is 0 Å². The first-order valence-corrected chi connectivity index (χ1v) is 4.03. The molecule has 8 nitrogen and oxygen atoms in total. The quantitative estimate of drug-likeness (QED) is 0.112. The van der Waals surface area contributed by atoms with Crippen molar-refractivity contribution in [1.29, 1.82) is 0 Å². The first-order chi connectivity index (χ1) is 4.27. The molecule has 0 aliphatic heterocycles. The summed E-state index contributed by atoms with van der Waals surface area (Å²) in [5.41, 5.74) is 0. The molecule has 11 heavy (non-hydrogen) atoms. The summed E-state index contributed by atoms with van der Waals surface area (Å²) in [5, 5.41) is 7.17. The van der Waals surface area contributed by atoms with Crippen molar-refractivity contribution < 1.29 is 37.2 Å². The molecule has 0 aromatic carbocycles. The fourth-order valence-electron chi connectivity index (χ4n) is 0. The summed E-state index contributed by atoms with van der Waals surface area (Å²) in [5.74, 6) is 0. The summed E-state index contributed by atoms with van der Waals surface area (Å²) < 4.78 is 34.5. The lowest BCUT2D eigenvalue weighted by Gasteiger charge is -1.86. The number of hydrogen-bond donors (Lipinski definition) is 5. The van der Waals surface area contributed by atoms with Gasteiger partial charge in [-0.15, -0.1) is 0 Å². The van der Waals surface area contributed by atoms with E-state index in [0.717, 1.165) is 0 Å². The van der Waals surface area contributed by atoms with Crippen LogP contribution in [0.5, 0.6) is 0 Å². The topological polar surface area (TPSA) is 145 Å². The van der Waals surface area contributed by atoms with E-state index in [1.165, 1.54) is 0 Å². The third kappa shape index (κ3) is 112. The van der Waals surface area contributed by atoms with Crippen LogP contribution in [0.2, 0.25) is 0 Å². The predicted octanol–water partition coefficient (Wildman–Crippen LogP) is -2.15. The van der Waals surface area contributed by atoms with Crippen molar-refractivity contribution >= 4 is 36.4 Å². The van der Waals surface area contributed by atoms with E-state index in [2.05, 4.69) is 4.67 Å². The second-order valence-corrected chi connectivity index (χ2v) is 2.35. The molecule has 0 unspecified atom stereocenters. The predicted molar refractivity (Wildman–Crippen MR) is 39.2 cm³/mol. The lowest BCUT2D eigenvalue weighted by atomic mass is 15.0. The zero-order chi connectivity index (χ0) is 8.78. The molecule has 0 saturated heterocycles. The van der Waals surface area contributed by atoms with Crippen molar-refractivity contribution in [2.45, 2.75) is 0 Å². The highest BCUT2D eigenvalue weighted by Crippen LogP contribution is 2.20. The highest BCUT2D eigenvalue weighted by molar-refractivity contribution is 7.79. The van der Waals surface area contributed by atoms with Gasteiger partial charge in [0.1, 0.15) is 0 Å². The molecule has 0 amide bonds. The minimum Gasteiger partial charge on any atom is -0.327 e. The van der Waals surface area contributed by atoms with Gasteiger partial charge in [-0.05, 0) is 0 Å². The van der Waals surface area contributed by atoms with Crippen LogP contribution >= 0.6 is 8.60 Å². The molecule has 5 N–H and O–H groups in total. The molecule has 11 heteroatoms. The van der Waals surface area contributed by atoms with Crippen molar-refractivity contribution in [2.24, 2.45) is 0 Å². The molecule has 0 aliphatic carbocycles. The van der Waals surface area contributed by atoms with Gasteiger partial charge in [0.2, 0.25) is 0 Å². The van der Waals surface area contributed by atoms with E-state index in [0.29, 0.717) is 0 Å². The minimum atomic E-state index is -4.67. The van der Waals surface area contributed by atoms with Gasteiger partial charge in [-0.2, -0.15) is 13.1 Å². The molecule has 0 spiro atoms. The molecular formula is H8AlO8PS. The van der Waals surface area contributed by atoms with E-state index >= 15 is 0 Å². The second kappa shape index (κ2) is 8.77. The standard InChI is InChI=1S/Al.H3O4P.H2O4S.3H/c;1-4-5(2)3;1-5(2,3)4;;;/h;1-3H;(H2,1,2,3,4);;;. The van der Waals surface area contributed by atoms with Crippen LogP contribution in [0.4, 0.5) is 0 Å². The summed E-state index contributed by atoms with van der Waals surface area (Å²) in [6.45, 7) is 0. The molecule has 0 rings (SSSR count). The Hall–Kier alpha value is 0.672. The van der Waals surface area contributed by atoms with Crippen molar-refractivity contribution in [3.63, 3.8) is 0 Å². The zero-order valence-corrected chi connectivity index (χ0v) is 6.03. The molecule has 0 aromatic rings. The lowest BCUT2D eigenvalue weighted by Crippen LogP contribution is -1.89. The summed E-state index contributed by atoms with van der Waals surface area (Å²) in [4.78, 5) is 15.0. The SMILES string of the molecule is O=S(=O)(O)O.OOP(O)O.[AlH3]. The van der Waals surface area contributed by atoms with E-state index in [4.69, 9.17) is 32.6 Å². The Morgan fingerprint density at radius 1 is 1.18 bits per heavy atom. The Morgan fingerprint density at radius 2 is 1.27 bits per heavy atom. The highest BCUT2D eigenvalue weighted by Gasteiger charge is 1.89. The molecule has 0 fully saturated rings. The van der Waals surface area contributed by atoms with Crippen LogP contribution < -0.4 is 0 Å². The molecule has 0 heterocycles. The summed E-state index contributed by atoms with van der Waals surface area (Å²) in [6, 6.07) is 0. The molecule has 0 bridgehead atoms. The molecule has 0 aromatic heterocycles. The molecular weight excluding hydrogens is 218 g/mol. The lowest BCUT2D eigenvalue weighted by molar-refractivity contribution is -0.146. The third-order valence-corrected chi connectivity index (χ3v) is 0.219. The summed E-state index contributed by atoms with van der Waals surface area (Å²) in [7, 11) is -7.21. The molecule has 0 saturated carbocycles. The number of rotatable bonds is 1. The van der Waals surface area contributed by atoms with Crippen molar-refractivity contribution in [2.75, 3.05) is 0 Å². The van der Waals surface area contributed by atoms with Gasteiger partial charge < -0.3 is 9.79 Å². The van der Waals surface area contributed by atoms with Gasteiger partial charge in [-0.3, -0.25) is 9.11 Å². The fraction of sp³-hybridized carbons (Fsp3) is 0. The van der Waals surface area contributed by atoms with Gasteiger partial charge in [0.15, 0.2) is 17.4 Å². The van der Waals surface area contributed by atoms with E-state index < -0.39 is 19.0 Å². The Morgan fingerprint density at radius 3 is 1.27 bits per heavy atom. The Kier molecular flexibility index (Phi) is 14.1. The van der Waals surface area contributed by atoms with Gasteiger partial charge in [-0.1, -0.05) is 0 Å². The first kappa shape index (κ1) is 17.7. The van der Waals surface area contributed by atoms with Gasteiger partial charge in [0.25, 0.3) is 0 Å². The van der Waals surface area contributed by atoms with Crippen molar-refractivity contribution in [3.05, 3.63) is 0 Å². The molecule has 70 valence electrons. The monoisotopic (exact) mass is 226 g/mol. The first-order valence-electron chi connectivity index (χ1n) is 1.46. The van der Waals surface area contributed by atoms with Crippen LogP contribution in [0.15, 0.2) is 0 Å². The van der Waals surface area contributed by atoms with Crippen molar-refractivity contribution in [3.8, 4) is 0 Å². The van der Waals surface area contributed by atoms with Gasteiger partial charge in [-0.25, -0.2) is 5.26 Å². The number of hydrogen-bond acceptors (Lipinski definition) is 6. The van der Waals surface area contributed by atoms with Crippen LogP contribution in [-0.4, -0.2) is 49.9 Å². The normalized spacial score (nSPS) is 9.64. The summed E-state index contributed by atoms with van der Waals surface area (Å²) in [6.07, 6.45) is 0. The molecule has 0 atom stereocenters. The van der Waals surface area contributed by atoms with Crippen LogP contribution in [0.3, 0.4) is 0 Å². The van der Waals surface area contributed by atoms with Crippen LogP contribution in [0.1, 0.15) is 0 Å². The van der Waals surface area contributed by atoms with Gasteiger partial charge in [0, 0.05) is 0 Å². The van der Waals surface area contributed by atoms with Crippen LogP contribution in [-0.2, 0) is 15.1 Å². The maximum atomic E-state index is 8.74. The highest BCUT2D eigenvalue weighted by atomic mass is 32.3. The van der Waals surface area contributed by atoms with E-state index in [1.54, 1.807) is 0 Å². The average molecular weight is 226 g/mol. The van der Waals surface area contributed by atoms with Gasteiger partial charge in [0.05, 0.1) is 0 Å². The Bertz CT molecular complexity index is 139. The summed E-state index contributed by atoms with van der Waals surface area (Å²) >= 11 is 0. The van der Waals surface area contributed by atoms with Crippen LogP contribution in [0.25, 0.3) is 0 Å². The zero-order valence-electron chi connectivity index (χ0n) is 4.32. The molecule has 0 aliphatic rings. The fourth-order valence-corrected chi connectivity index (χ4v) is 0. The van der Waals surface area contributed by atoms with Gasteiger partial charge >= 0.3 is 19.0 Å².